The Labute approximate surface area is 166 Å². The van der Waals surface area contributed by atoms with Crippen LogP contribution in [0.3, 0.4) is 0 Å². The molecular weight excluding hydrogens is 389 g/mol. The zero-order chi connectivity index (χ0) is 19.4. The van der Waals surface area contributed by atoms with E-state index >= 15 is 0 Å². The molecule has 0 fully saturated rings. The van der Waals surface area contributed by atoms with Crippen molar-refractivity contribution in [1.29, 1.82) is 0 Å². The lowest BCUT2D eigenvalue weighted by molar-refractivity contribution is -0.129. The van der Waals surface area contributed by atoms with Gasteiger partial charge in [-0.3, -0.25) is 0 Å². The zero-order valence-electron chi connectivity index (χ0n) is 14.4. The highest BCUT2D eigenvalue weighted by atomic mass is 35.5. The minimum Gasteiger partial charge on any atom is -0.493 e. The molecule has 7 heteroatoms. The Hall–Kier alpha value is -2.76. The van der Waals surface area contributed by atoms with Crippen molar-refractivity contribution < 1.29 is 19.0 Å². The number of ether oxygens (including phenoxy) is 3. The summed E-state index contributed by atoms with van der Waals surface area (Å²) in [6.07, 6.45) is 3.22. The van der Waals surface area contributed by atoms with Gasteiger partial charge in [0.2, 0.25) is 5.90 Å². The van der Waals surface area contributed by atoms with E-state index in [-0.39, 0.29) is 11.6 Å². The van der Waals surface area contributed by atoms with Crippen LogP contribution in [0, 0.1) is 0 Å². The number of cyclic esters (lactones) is 1. The lowest BCUT2D eigenvalue weighted by Gasteiger charge is -2.09. The molecule has 138 valence electrons. The fourth-order valence-electron chi connectivity index (χ4n) is 2.39. The van der Waals surface area contributed by atoms with Crippen molar-refractivity contribution in [3.05, 3.63) is 75.9 Å². The van der Waals surface area contributed by atoms with Crippen molar-refractivity contribution >= 4 is 41.1 Å². The molecule has 0 saturated heterocycles. The summed E-state index contributed by atoms with van der Waals surface area (Å²) in [4.78, 5) is 16.4. The quantitative estimate of drug-likeness (QED) is 0.390. The van der Waals surface area contributed by atoms with Gasteiger partial charge in [-0.05, 0) is 42.0 Å². The van der Waals surface area contributed by atoms with Crippen LogP contribution < -0.4 is 9.47 Å². The van der Waals surface area contributed by atoms with E-state index in [0.717, 1.165) is 0 Å². The van der Waals surface area contributed by atoms with Crippen molar-refractivity contribution in [3.63, 3.8) is 0 Å². The van der Waals surface area contributed by atoms with Gasteiger partial charge >= 0.3 is 5.97 Å². The molecule has 2 aromatic carbocycles. The first kappa shape index (κ1) is 19.0. The van der Waals surface area contributed by atoms with Crippen LogP contribution in [0.1, 0.15) is 11.1 Å². The summed E-state index contributed by atoms with van der Waals surface area (Å²) in [5.41, 5.74) is 1.29. The van der Waals surface area contributed by atoms with Crippen LogP contribution in [0.25, 0.3) is 6.08 Å². The minimum absolute atomic E-state index is 0.107. The number of rotatable bonds is 6. The molecule has 1 aliphatic rings. The van der Waals surface area contributed by atoms with Gasteiger partial charge < -0.3 is 14.2 Å². The highest BCUT2D eigenvalue weighted by Gasteiger charge is 2.26. The van der Waals surface area contributed by atoms with Crippen LogP contribution in [0.2, 0.25) is 10.0 Å². The summed E-state index contributed by atoms with van der Waals surface area (Å²) < 4.78 is 16.1. The monoisotopic (exact) mass is 403 g/mol. The lowest BCUT2D eigenvalue weighted by atomic mass is 10.1. The van der Waals surface area contributed by atoms with E-state index in [1.807, 2.05) is 0 Å². The predicted molar refractivity (Wildman–Crippen MR) is 106 cm³/mol. The summed E-state index contributed by atoms with van der Waals surface area (Å²) in [6, 6.07) is 10.1. The number of halogens is 2. The maximum absolute atomic E-state index is 12.2. The molecule has 0 aromatic heterocycles. The summed E-state index contributed by atoms with van der Waals surface area (Å²) in [5.74, 6) is 0.629. The van der Waals surface area contributed by atoms with Gasteiger partial charge in [0.1, 0.15) is 6.61 Å². The molecule has 0 N–H and O–H groups in total. The van der Waals surface area contributed by atoms with Gasteiger partial charge in [-0.1, -0.05) is 41.9 Å². The lowest BCUT2D eigenvalue weighted by Crippen LogP contribution is -2.06. The van der Waals surface area contributed by atoms with Gasteiger partial charge in [0.25, 0.3) is 0 Å². The van der Waals surface area contributed by atoms with Gasteiger partial charge in [0, 0.05) is 5.02 Å². The average molecular weight is 404 g/mol. The van der Waals surface area contributed by atoms with Crippen molar-refractivity contribution in [3.8, 4) is 11.5 Å². The molecule has 0 aliphatic carbocycles. The fraction of sp³-hybridized carbons (Fsp3) is 0.100. The molecule has 27 heavy (non-hydrogen) atoms. The number of methoxy groups -OCH3 is 1. The Kier molecular flexibility index (Phi) is 5.84. The molecule has 0 amide bonds. The van der Waals surface area contributed by atoms with Crippen LogP contribution in [-0.4, -0.2) is 25.6 Å². The van der Waals surface area contributed by atoms with Gasteiger partial charge in [-0.25, -0.2) is 9.79 Å². The molecule has 0 unspecified atom stereocenters. The number of carbonyl (C=O) groups is 1. The van der Waals surface area contributed by atoms with Crippen LogP contribution >= 0.6 is 23.2 Å². The Morgan fingerprint density at radius 2 is 2.00 bits per heavy atom. The van der Waals surface area contributed by atoms with E-state index < -0.39 is 5.97 Å². The summed E-state index contributed by atoms with van der Waals surface area (Å²) in [5, 5.41) is 0.849. The van der Waals surface area contributed by atoms with E-state index in [2.05, 4.69) is 11.6 Å². The molecule has 5 nitrogen and oxygen atoms in total. The van der Waals surface area contributed by atoms with Crippen molar-refractivity contribution in [2.24, 2.45) is 4.99 Å². The number of aliphatic imine (C=N–C) groups is 1. The second-order valence-corrected chi connectivity index (χ2v) is 6.31. The maximum atomic E-state index is 12.2. The van der Waals surface area contributed by atoms with Crippen LogP contribution in [0.4, 0.5) is 0 Å². The zero-order valence-corrected chi connectivity index (χ0v) is 15.9. The summed E-state index contributed by atoms with van der Waals surface area (Å²) in [6.45, 7) is 3.95. The number of benzene rings is 2. The number of carbonyl (C=O) groups excluding carboxylic acids is 1. The molecule has 1 heterocycles. The van der Waals surface area contributed by atoms with E-state index in [1.165, 1.54) is 0 Å². The SMILES string of the molecule is C=CCOc1cc(C=C2N=C(c3cc(Cl)ccc3Cl)OC2=O)ccc1OC. The van der Waals surface area contributed by atoms with Crippen LogP contribution in [-0.2, 0) is 9.53 Å². The maximum Gasteiger partial charge on any atom is 0.363 e. The average Bonchev–Trinajstić information content (AvgIpc) is 3.02. The van der Waals surface area contributed by atoms with Crippen LogP contribution in [0.5, 0.6) is 11.5 Å². The number of nitrogens with zero attached hydrogens (tertiary/aromatic N) is 1. The third-order valence-electron chi connectivity index (χ3n) is 3.63. The van der Waals surface area contributed by atoms with E-state index in [0.29, 0.717) is 39.3 Å². The van der Waals surface area contributed by atoms with Crippen molar-refractivity contribution in [2.75, 3.05) is 13.7 Å². The van der Waals surface area contributed by atoms with Gasteiger partial charge in [-0.15, -0.1) is 0 Å². The molecule has 0 bridgehead atoms. The van der Waals surface area contributed by atoms with Crippen molar-refractivity contribution in [2.45, 2.75) is 0 Å². The number of hydrogen-bond donors (Lipinski definition) is 0. The summed E-state index contributed by atoms with van der Waals surface area (Å²) in [7, 11) is 1.55. The van der Waals surface area contributed by atoms with Gasteiger partial charge in [0.15, 0.2) is 17.2 Å². The third-order valence-corrected chi connectivity index (χ3v) is 4.19. The molecule has 0 spiro atoms. The molecule has 1 aliphatic heterocycles. The predicted octanol–water partition coefficient (Wildman–Crippen LogP) is 4.91. The Balaban J connectivity index is 1.94. The normalized spacial score (nSPS) is 14.7. The van der Waals surface area contributed by atoms with Crippen molar-refractivity contribution in [1.82, 2.24) is 0 Å². The number of esters is 1. The molecule has 0 radical (unpaired) electrons. The van der Waals surface area contributed by atoms with Gasteiger partial charge in [-0.2, -0.15) is 0 Å². The first-order valence-corrected chi connectivity index (χ1v) is 8.67. The minimum atomic E-state index is -0.578. The largest absolute Gasteiger partial charge is 0.493 e. The smallest absolute Gasteiger partial charge is 0.363 e. The molecule has 0 atom stereocenters. The van der Waals surface area contributed by atoms with Crippen LogP contribution in [0.15, 0.2) is 59.7 Å². The highest BCUT2D eigenvalue weighted by molar-refractivity contribution is 6.36. The molecule has 3 rings (SSSR count). The second kappa shape index (κ2) is 8.29. The fourth-order valence-corrected chi connectivity index (χ4v) is 2.76. The first-order valence-electron chi connectivity index (χ1n) is 7.91. The standard InChI is InChI=1S/C20H15Cl2NO4/c1-3-8-26-18-10-12(4-7-17(18)25-2)9-16-20(24)27-19(23-16)14-11-13(21)5-6-15(14)22/h3-7,9-11H,1,8H2,2H3. The molecule has 2 aromatic rings. The Bertz CT molecular complexity index is 966. The third kappa shape index (κ3) is 4.32. The molecule has 0 saturated carbocycles. The topological polar surface area (TPSA) is 57.1 Å². The van der Waals surface area contributed by atoms with E-state index in [9.17, 15) is 4.79 Å². The molecular formula is C20H15Cl2NO4. The van der Waals surface area contributed by atoms with E-state index in [1.54, 1.807) is 55.7 Å². The Morgan fingerprint density at radius 3 is 2.74 bits per heavy atom. The van der Waals surface area contributed by atoms with Gasteiger partial charge in [0.05, 0.1) is 17.7 Å². The highest BCUT2D eigenvalue weighted by Crippen LogP contribution is 2.30. The second-order valence-electron chi connectivity index (χ2n) is 5.47. The van der Waals surface area contributed by atoms with E-state index in [4.69, 9.17) is 37.4 Å². The Morgan fingerprint density at radius 1 is 1.19 bits per heavy atom. The summed E-state index contributed by atoms with van der Waals surface area (Å²) >= 11 is 12.1. The first-order chi connectivity index (χ1) is 13.0. The number of hydrogen-bond acceptors (Lipinski definition) is 5.